The number of rotatable bonds is 3. The van der Waals surface area contributed by atoms with Crippen LogP contribution in [0.3, 0.4) is 0 Å². The Bertz CT molecular complexity index is 1580. The number of pyridine rings is 1. The molecular weight excluding hydrogens is 449 g/mol. The Labute approximate surface area is 193 Å². The van der Waals surface area contributed by atoms with E-state index < -0.39 is 0 Å². The van der Waals surface area contributed by atoms with E-state index in [1.165, 1.54) is 0 Å². The van der Waals surface area contributed by atoms with E-state index in [1.54, 1.807) is 34.7 Å². The Balaban J connectivity index is 1.80. The number of anilines is 1. The minimum atomic E-state index is -0.139. The minimum absolute atomic E-state index is 0.139. The lowest BCUT2D eigenvalue weighted by atomic mass is 10.0. The molecule has 0 spiro atoms. The fourth-order valence-corrected chi connectivity index (χ4v) is 4.55. The molecular formula is C23H19Cl2N5O2. The molecule has 5 rings (SSSR count). The number of hydrogen-bond donors (Lipinski definition) is 0. The Kier molecular flexibility index (Phi) is 4.76. The Morgan fingerprint density at radius 1 is 0.938 bits per heavy atom. The van der Waals surface area contributed by atoms with Crippen molar-refractivity contribution in [3.8, 4) is 22.6 Å². The van der Waals surface area contributed by atoms with Crippen LogP contribution in [0.15, 0.2) is 51.8 Å². The van der Waals surface area contributed by atoms with Crippen molar-refractivity contribution in [2.45, 2.75) is 0 Å². The predicted octanol–water partition coefficient (Wildman–Crippen LogP) is 5.12. The van der Waals surface area contributed by atoms with Crippen LogP contribution in [0.1, 0.15) is 0 Å². The third kappa shape index (κ3) is 3.08. The Morgan fingerprint density at radius 3 is 2.41 bits per heavy atom. The van der Waals surface area contributed by atoms with Crippen molar-refractivity contribution in [3.63, 3.8) is 0 Å². The molecule has 7 nitrogen and oxygen atoms in total. The standard InChI is InChI=1S/C23H19Cl2N5O2/c1-28(2)23-26-20(32-27-23)12-5-8-19-15(9-12)16-11-17(14-7-6-13(24)10-18(14)25)22(31)30(4)21(16)29(19)3/h5-11H,1-4H3. The van der Waals surface area contributed by atoms with Gasteiger partial charge >= 0.3 is 0 Å². The SMILES string of the molecule is CN(C)c1noc(-c2ccc3c(c2)c2cc(-c4ccc(Cl)cc4Cl)c(=O)n(C)c2n3C)n1. The molecule has 3 aromatic heterocycles. The van der Waals surface area contributed by atoms with Gasteiger partial charge in [0.25, 0.3) is 17.4 Å². The molecule has 9 heteroatoms. The van der Waals surface area contributed by atoms with Crippen LogP contribution >= 0.6 is 23.2 Å². The van der Waals surface area contributed by atoms with Crippen LogP contribution in [-0.2, 0) is 14.1 Å². The molecule has 0 atom stereocenters. The zero-order valence-electron chi connectivity index (χ0n) is 17.8. The van der Waals surface area contributed by atoms with Gasteiger partial charge in [-0.2, -0.15) is 4.98 Å². The number of aromatic nitrogens is 4. The molecule has 2 aromatic carbocycles. The average molecular weight is 468 g/mol. The molecule has 0 fully saturated rings. The van der Waals surface area contributed by atoms with Crippen LogP contribution in [0.4, 0.5) is 5.95 Å². The van der Waals surface area contributed by atoms with Gasteiger partial charge in [0.05, 0.1) is 10.5 Å². The number of hydrogen-bond acceptors (Lipinski definition) is 5. The van der Waals surface area contributed by atoms with E-state index in [9.17, 15) is 4.79 Å². The topological polar surface area (TPSA) is 69.1 Å². The van der Waals surface area contributed by atoms with E-state index in [4.69, 9.17) is 27.7 Å². The van der Waals surface area contributed by atoms with E-state index >= 15 is 0 Å². The molecule has 5 aromatic rings. The third-order valence-electron chi connectivity index (χ3n) is 5.63. The summed E-state index contributed by atoms with van der Waals surface area (Å²) in [5, 5.41) is 6.83. The van der Waals surface area contributed by atoms with Gasteiger partial charge in [-0.15, -0.1) is 0 Å². The second kappa shape index (κ2) is 7.39. The smallest absolute Gasteiger partial charge is 0.265 e. The molecule has 0 saturated carbocycles. The van der Waals surface area contributed by atoms with Gasteiger partial charge in [0.15, 0.2) is 0 Å². The summed E-state index contributed by atoms with van der Waals surface area (Å²) >= 11 is 12.5. The van der Waals surface area contributed by atoms with Gasteiger partial charge in [-0.25, -0.2) is 0 Å². The zero-order chi connectivity index (χ0) is 22.7. The molecule has 0 radical (unpaired) electrons. The van der Waals surface area contributed by atoms with Gasteiger partial charge in [-0.1, -0.05) is 29.3 Å². The first-order chi connectivity index (χ1) is 15.3. The van der Waals surface area contributed by atoms with Crippen molar-refractivity contribution >= 4 is 51.1 Å². The van der Waals surface area contributed by atoms with Crippen molar-refractivity contribution in [1.29, 1.82) is 0 Å². The first-order valence-corrected chi connectivity index (χ1v) is 10.6. The summed E-state index contributed by atoms with van der Waals surface area (Å²) in [6.07, 6.45) is 0. The number of benzene rings is 2. The van der Waals surface area contributed by atoms with E-state index in [0.717, 1.165) is 27.5 Å². The van der Waals surface area contributed by atoms with Crippen molar-refractivity contribution in [2.24, 2.45) is 14.1 Å². The van der Waals surface area contributed by atoms with Crippen LogP contribution in [0.5, 0.6) is 0 Å². The van der Waals surface area contributed by atoms with Gasteiger partial charge in [0.2, 0.25) is 0 Å². The molecule has 0 saturated heterocycles. The highest BCUT2D eigenvalue weighted by molar-refractivity contribution is 6.36. The Morgan fingerprint density at radius 2 is 1.72 bits per heavy atom. The molecule has 0 unspecified atom stereocenters. The molecule has 0 aliphatic rings. The molecule has 0 aliphatic heterocycles. The van der Waals surface area contributed by atoms with E-state index in [-0.39, 0.29) is 5.56 Å². The minimum Gasteiger partial charge on any atom is -0.344 e. The van der Waals surface area contributed by atoms with Crippen molar-refractivity contribution in [2.75, 3.05) is 19.0 Å². The molecule has 3 heterocycles. The molecule has 162 valence electrons. The lowest BCUT2D eigenvalue weighted by Gasteiger charge is -2.09. The summed E-state index contributed by atoms with van der Waals surface area (Å²) in [4.78, 5) is 19.5. The predicted molar refractivity (Wildman–Crippen MR) is 129 cm³/mol. The van der Waals surface area contributed by atoms with Gasteiger partial charge in [-0.05, 0) is 41.6 Å². The number of halogens is 2. The normalized spacial score (nSPS) is 11.6. The summed E-state index contributed by atoms with van der Waals surface area (Å²) in [5.74, 6) is 0.929. The van der Waals surface area contributed by atoms with E-state index in [0.29, 0.717) is 33.0 Å². The molecule has 0 bridgehead atoms. The first kappa shape index (κ1) is 20.6. The summed E-state index contributed by atoms with van der Waals surface area (Å²) in [6.45, 7) is 0. The maximum absolute atomic E-state index is 13.2. The summed E-state index contributed by atoms with van der Waals surface area (Å²) < 4.78 is 9.09. The van der Waals surface area contributed by atoms with Crippen LogP contribution in [0.2, 0.25) is 10.0 Å². The highest BCUT2D eigenvalue weighted by Crippen LogP contribution is 2.35. The van der Waals surface area contributed by atoms with Gasteiger partial charge < -0.3 is 14.0 Å². The zero-order valence-corrected chi connectivity index (χ0v) is 19.4. The summed E-state index contributed by atoms with van der Waals surface area (Å²) in [5.41, 5.74) is 3.58. The van der Waals surface area contributed by atoms with Gasteiger partial charge in [0.1, 0.15) is 5.65 Å². The molecule has 0 amide bonds. The summed E-state index contributed by atoms with van der Waals surface area (Å²) in [7, 11) is 7.41. The van der Waals surface area contributed by atoms with E-state index in [1.807, 2.05) is 50.0 Å². The van der Waals surface area contributed by atoms with Crippen LogP contribution in [0.25, 0.3) is 44.5 Å². The number of aryl methyl sites for hydroxylation is 2. The third-order valence-corrected chi connectivity index (χ3v) is 6.18. The Hall–Kier alpha value is -3.29. The first-order valence-electron chi connectivity index (χ1n) is 9.85. The van der Waals surface area contributed by atoms with Crippen LogP contribution in [-0.4, -0.2) is 33.4 Å². The second-order valence-electron chi connectivity index (χ2n) is 7.87. The fourth-order valence-electron chi connectivity index (χ4n) is 4.04. The quantitative estimate of drug-likeness (QED) is 0.368. The second-order valence-corrected chi connectivity index (χ2v) is 8.71. The van der Waals surface area contributed by atoms with Gasteiger partial charge in [-0.3, -0.25) is 9.36 Å². The van der Waals surface area contributed by atoms with Crippen molar-refractivity contribution in [3.05, 3.63) is 62.9 Å². The van der Waals surface area contributed by atoms with Crippen LogP contribution < -0.4 is 10.5 Å². The lowest BCUT2D eigenvalue weighted by Crippen LogP contribution is -2.20. The number of fused-ring (bicyclic) bond motifs is 3. The number of nitrogens with zero attached hydrogens (tertiary/aromatic N) is 5. The van der Waals surface area contributed by atoms with Crippen LogP contribution in [0, 0.1) is 0 Å². The molecule has 0 aliphatic carbocycles. The highest BCUT2D eigenvalue weighted by atomic mass is 35.5. The monoisotopic (exact) mass is 467 g/mol. The summed E-state index contributed by atoms with van der Waals surface area (Å²) in [6, 6.07) is 12.9. The molecule has 32 heavy (non-hydrogen) atoms. The van der Waals surface area contributed by atoms with Crippen molar-refractivity contribution < 1.29 is 4.52 Å². The van der Waals surface area contributed by atoms with Crippen molar-refractivity contribution in [1.82, 2.24) is 19.3 Å². The highest BCUT2D eigenvalue weighted by Gasteiger charge is 2.19. The largest absolute Gasteiger partial charge is 0.344 e. The maximum atomic E-state index is 13.2. The average Bonchev–Trinajstić information content (AvgIpc) is 3.35. The van der Waals surface area contributed by atoms with E-state index in [2.05, 4.69) is 10.1 Å². The fraction of sp³-hybridized carbons (Fsp3) is 0.174. The molecule has 0 N–H and O–H groups in total. The lowest BCUT2D eigenvalue weighted by molar-refractivity contribution is 0.431. The maximum Gasteiger partial charge on any atom is 0.265 e. The van der Waals surface area contributed by atoms with Gasteiger partial charge in [0, 0.05) is 60.7 Å².